The molecule has 0 atom stereocenters. The van der Waals surface area contributed by atoms with Gasteiger partial charge in [0.05, 0.1) is 16.3 Å². The van der Waals surface area contributed by atoms with Crippen LogP contribution in [0.2, 0.25) is 5.02 Å². The van der Waals surface area contributed by atoms with Crippen molar-refractivity contribution in [3.8, 4) is 0 Å². The Bertz CT molecular complexity index is 336. The van der Waals surface area contributed by atoms with Crippen LogP contribution in [0.5, 0.6) is 0 Å². The van der Waals surface area contributed by atoms with E-state index in [0.29, 0.717) is 16.3 Å². The average molecular weight is 199 g/mol. The molecular formula is C9H11ClN2O. The van der Waals surface area contributed by atoms with Gasteiger partial charge in [-0.2, -0.15) is 0 Å². The van der Waals surface area contributed by atoms with Gasteiger partial charge in [0.1, 0.15) is 0 Å². The van der Waals surface area contributed by atoms with Crippen LogP contribution < -0.4 is 5.73 Å². The van der Waals surface area contributed by atoms with Gasteiger partial charge in [0.25, 0.3) is 5.91 Å². The minimum atomic E-state index is -0.139. The van der Waals surface area contributed by atoms with Gasteiger partial charge >= 0.3 is 0 Å². The highest BCUT2D eigenvalue weighted by Crippen LogP contribution is 2.22. The van der Waals surface area contributed by atoms with Gasteiger partial charge in [-0.15, -0.1) is 0 Å². The largest absolute Gasteiger partial charge is 0.397 e. The van der Waals surface area contributed by atoms with E-state index in [1.165, 1.54) is 4.90 Å². The smallest absolute Gasteiger partial charge is 0.255 e. The third-order valence-electron chi connectivity index (χ3n) is 1.69. The van der Waals surface area contributed by atoms with Crippen LogP contribution in [-0.4, -0.2) is 24.9 Å². The maximum Gasteiger partial charge on any atom is 0.255 e. The van der Waals surface area contributed by atoms with E-state index in [1.54, 1.807) is 32.3 Å². The quantitative estimate of drug-likeness (QED) is 0.698. The fourth-order valence-electron chi connectivity index (χ4n) is 0.964. The lowest BCUT2D eigenvalue weighted by Crippen LogP contribution is -2.22. The summed E-state index contributed by atoms with van der Waals surface area (Å²) in [5, 5.41) is 0.410. The Hall–Kier alpha value is -1.22. The first-order valence-corrected chi connectivity index (χ1v) is 4.17. The Morgan fingerprint density at radius 1 is 1.46 bits per heavy atom. The number of carbonyl (C=O) groups is 1. The zero-order valence-corrected chi connectivity index (χ0v) is 8.30. The van der Waals surface area contributed by atoms with Crippen molar-refractivity contribution in [3.05, 3.63) is 28.8 Å². The van der Waals surface area contributed by atoms with Gasteiger partial charge in [0, 0.05) is 14.1 Å². The van der Waals surface area contributed by atoms with Crippen molar-refractivity contribution >= 4 is 23.2 Å². The lowest BCUT2D eigenvalue weighted by atomic mass is 10.1. The molecule has 13 heavy (non-hydrogen) atoms. The maximum atomic E-state index is 11.5. The highest BCUT2D eigenvalue weighted by atomic mass is 35.5. The van der Waals surface area contributed by atoms with Crippen molar-refractivity contribution in [3.63, 3.8) is 0 Å². The lowest BCUT2D eigenvalue weighted by Gasteiger charge is -2.12. The second kappa shape index (κ2) is 3.66. The summed E-state index contributed by atoms with van der Waals surface area (Å²) in [6.45, 7) is 0. The summed E-state index contributed by atoms with van der Waals surface area (Å²) in [4.78, 5) is 13.0. The van der Waals surface area contributed by atoms with Crippen molar-refractivity contribution in [2.75, 3.05) is 19.8 Å². The summed E-state index contributed by atoms with van der Waals surface area (Å²) in [5.41, 5.74) is 6.42. The molecule has 0 fully saturated rings. The van der Waals surface area contributed by atoms with Crippen LogP contribution in [0.15, 0.2) is 18.2 Å². The summed E-state index contributed by atoms with van der Waals surface area (Å²) in [7, 11) is 3.34. The van der Waals surface area contributed by atoms with Crippen molar-refractivity contribution < 1.29 is 4.79 Å². The average Bonchev–Trinajstić information content (AvgIpc) is 2.08. The molecule has 0 saturated heterocycles. The summed E-state index contributed by atoms with van der Waals surface area (Å²) in [6.07, 6.45) is 0. The Balaban J connectivity index is 3.15. The number of halogens is 1. The summed E-state index contributed by atoms with van der Waals surface area (Å²) < 4.78 is 0. The molecule has 1 aromatic carbocycles. The van der Waals surface area contributed by atoms with Crippen molar-refractivity contribution in [2.24, 2.45) is 0 Å². The molecule has 0 heterocycles. The van der Waals surface area contributed by atoms with Gasteiger partial charge in [0.15, 0.2) is 0 Å². The predicted octanol–water partition coefficient (Wildman–Crippen LogP) is 1.62. The number of benzene rings is 1. The SMILES string of the molecule is CN(C)C(=O)c1cccc(Cl)c1N. The van der Waals surface area contributed by atoms with E-state index >= 15 is 0 Å². The van der Waals surface area contributed by atoms with Crippen LogP contribution in [0.25, 0.3) is 0 Å². The molecule has 0 spiro atoms. The Morgan fingerprint density at radius 2 is 2.08 bits per heavy atom. The number of nitrogen functional groups attached to an aromatic ring is 1. The van der Waals surface area contributed by atoms with Gasteiger partial charge in [0.2, 0.25) is 0 Å². The van der Waals surface area contributed by atoms with Crippen LogP contribution in [-0.2, 0) is 0 Å². The van der Waals surface area contributed by atoms with Crippen LogP contribution in [0, 0.1) is 0 Å². The van der Waals surface area contributed by atoms with E-state index in [4.69, 9.17) is 17.3 Å². The molecule has 0 aromatic heterocycles. The van der Waals surface area contributed by atoms with Crippen molar-refractivity contribution in [2.45, 2.75) is 0 Å². The number of carbonyl (C=O) groups excluding carboxylic acids is 1. The topological polar surface area (TPSA) is 46.3 Å². The number of nitrogens with two attached hydrogens (primary N) is 1. The monoisotopic (exact) mass is 198 g/mol. The van der Waals surface area contributed by atoms with Crippen LogP contribution in [0.1, 0.15) is 10.4 Å². The minimum absolute atomic E-state index is 0.139. The number of nitrogens with zero attached hydrogens (tertiary/aromatic N) is 1. The number of hydrogen-bond acceptors (Lipinski definition) is 2. The molecule has 1 aromatic rings. The van der Waals surface area contributed by atoms with E-state index in [1.807, 2.05) is 0 Å². The molecule has 1 amide bonds. The zero-order chi connectivity index (χ0) is 10.0. The third-order valence-corrected chi connectivity index (χ3v) is 2.02. The van der Waals surface area contributed by atoms with Crippen molar-refractivity contribution in [1.29, 1.82) is 0 Å². The molecule has 2 N–H and O–H groups in total. The Labute approximate surface area is 82.1 Å². The molecule has 0 unspecified atom stereocenters. The summed E-state index contributed by atoms with van der Waals surface area (Å²) >= 11 is 5.77. The first-order chi connectivity index (χ1) is 6.04. The molecule has 0 aliphatic rings. The van der Waals surface area contributed by atoms with Gasteiger partial charge in [-0.3, -0.25) is 4.79 Å². The number of anilines is 1. The fourth-order valence-corrected chi connectivity index (χ4v) is 1.14. The van der Waals surface area contributed by atoms with E-state index in [-0.39, 0.29) is 5.91 Å². The van der Waals surface area contributed by atoms with Crippen LogP contribution in [0.3, 0.4) is 0 Å². The minimum Gasteiger partial charge on any atom is -0.397 e. The van der Waals surface area contributed by atoms with E-state index < -0.39 is 0 Å². The first kappa shape index (κ1) is 9.86. The molecule has 4 heteroatoms. The maximum absolute atomic E-state index is 11.5. The fraction of sp³-hybridized carbons (Fsp3) is 0.222. The molecule has 0 bridgehead atoms. The number of hydrogen-bond donors (Lipinski definition) is 1. The lowest BCUT2D eigenvalue weighted by molar-refractivity contribution is 0.0828. The Kier molecular flexibility index (Phi) is 2.78. The Morgan fingerprint density at radius 3 is 2.62 bits per heavy atom. The zero-order valence-electron chi connectivity index (χ0n) is 7.54. The summed E-state index contributed by atoms with van der Waals surface area (Å²) in [6, 6.07) is 5.02. The van der Waals surface area contributed by atoms with Crippen molar-refractivity contribution in [1.82, 2.24) is 4.90 Å². The van der Waals surface area contributed by atoms with Crippen LogP contribution in [0.4, 0.5) is 5.69 Å². The van der Waals surface area contributed by atoms with E-state index in [0.717, 1.165) is 0 Å². The van der Waals surface area contributed by atoms with E-state index in [9.17, 15) is 4.79 Å². The standard InChI is InChI=1S/C9H11ClN2O/c1-12(2)9(13)6-4-3-5-7(10)8(6)11/h3-5H,11H2,1-2H3. The first-order valence-electron chi connectivity index (χ1n) is 3.79. The molecule has 0 aliphatic carbocycles. The molecule has 70 valence electrons. The molecule has 0 aliphatic heterocycles. The molecule has 1 rings (SSSR count). The highest BCUT2D eigenvalue weighted by molar-refractivity contribution is 6.33. The van der Waals surface area contributed by atoms with Crippen LogP contribution >= 0.6 is 11.6 Å². The number of rotatable bonds is 1. The van der Waals surface area contributed by atoms with Gasteiger partial charge in [-0.05, 0) is 12.1 Å². The normalized spacial score (nSPS) is 9.77. The molecule has 3 nitrogen and oxygen atoms in total. The summed E-state index contributed by atoms with van der Waals surface area (Å²) in [5.74, 6) is -0.139. The van der Waals surface area contributed by atoms with Gasteiger partial charge in [-0.1, -0.05) is 17.7 Å². The second-order valence-electron chi connectivity index (χ2n) is 2.90. The van der Waals surface area contributed by atoms with Gasteiger partial charge in [-0.25, -0.2) is 0 Å². The number of amides is 1. The van der Waals surface area contributed by atoms with Gasteiger partial charge < -0.3 is 10.6 Å². The highest BCUT2D eigenvalue weighted by Gasteiger charge is 2.12. The van der Waals surface area contributed by atoms with E-state index in [2.05, 4.69) is 0 Å². The molecule has 0 radical (unpaired) electrons. The second-order valence-corrected chi connectivity index (χ2v) is 3.31. The number of para-hydroxylation sites is 1. The molecular weight excluding hydrogens is 188 g/mol. The molecule has 0 saturated carbocycles. The predicted molar refractivity (Wildman–Crippen MR) is 53.9 cm³/mol. The third kappa shape index (κ3) is 1.92.